The van der Waals surface area contributed by atoms with Crippen LogP contribution in [0.1, 0.15) is 12.5 Å². The summed E-state index contributed by atoms with van der Waals surface area (Å²) in [6, 6.07) is 9.99. The lowest BCUT2D eigenvalue weighted by atomic mass is 10.1. The van der Waals surface area contributed by atoms with Crippen LogP contribution in [-0.2, 0) is 4.74 Å². The van der Waals surface area contributed by atoms with Crippen molar-refractivity contribution in [2.24, 2.45) is 0 Å². The summed E-state index contributed by atoms with van der Waals surface area (Å²) in [7, 11) is 0. The van der Waals surface area contributed by atoms with Crippen molar-refractivity contribution in [3.05, 3.63) is 35.9 Å². The van der Waals surface area contributed by atoms with Gasteiger partial charge in [-0.1, -0.05) is 30.3 Å². The third kappa shape index (κ3) is 2.93. The van der Waals surface area contributed by atoms with Crippen molar-refractivity contribution in [3.8, 4) is 17.1 Å². The maximum Gasteiger partial charge on any atom is 0.237 e. The van der Waals surface area contributed by atoms with Crippen LogP contribution in [0.4, 0.5) is 0 Å². The van der Waals surface area contributed by atoms with E-state index >= 15 is 0 Å². The summed E-state index contributed by atoms with van der Waals surface area (Å²) in [5.74, 6) is 6.60. The smallest absolute Gasteiger partial charge is 0.237 e. The molecule has 1 aliphatic heterocycles. The number of nitrogens with zero attached hydrogens (tertiary/aromatic N) is 3. The van der Waals surface area contributed by atoms with Crippen LogP contribution in [0.25, 0.3) is 11.3 Å². The Balaban J connectivity index is 1.81. The Hall–Kier alpha value is -2.05. The molecule has 2 aromatic rings. The van der Waals surface area contributed by atoms with Gasteiger partial charge >= 0.3 is 0 Å². The van der Waals surface area contributed by atoms with E-state index in [4.69, 9.17) is 15.3 Å². The molecule has 0 saturated carbocycles. The Morgan fingerprint density at radius 1 is 1.23 bits per heavy atom. The Morgan fingerprint density at radius 2 is 1.91 bits per heavy atom. The van der Waals surface area contributed by atoms with Gasteiger partial charge in [0.1, 0.15) is 5.69 Å². The minimum atomic E-state index is -0.0646. The van der Waals surface area contributed by atoms with Crippen molar-refractivity contribution < 1.29 is 9.47 Å². The van der Waals surface area contributed by atoms with Gasteiger partial charge in [-0.3, -0.25) is 4.90 Å². The minimum absolute atomic E-state index is 0.0646. The molecule has 0 spiro atoms. The molecule has 1 aromatic heterocycles. The average Bonchev–Trinajstić information content (AvgIpc) is 2.84. The molecule has 2 N–H and O–H groups in total. The van der Waals surface area contributed by atoms with Crippen LogP contribution in [0.15, 0.2) is 30.3 Å². The molecule has 0 radical (unpaired) electrons. The van der Waals surface area contributed by atoms with Crippen molar-refractivity contribution in [1.82, 2.24) is 14.8 Å². The summed E-state index contributed by atoms with van der Waals surface area (Å²) in [4.78, 5) is 3.56. The number of ether oxygens (including phenoxy) is 2. The van der Waals surface area contributed by atoms with Crippen LogP contribution in [0.5, 0.6) is 5.88 Å². The second-order valence-corrected chi connectivity index (χ2v) is 5.45. The molecule has 1 unspecified atom stereocenters. The van der Waals surface area contributed by atoms with Gasteiger partial charge < -0.3 is 15.3 Å². The quantitative estimate of drug-likeness (QED) is 0.870. The van der Waals surface area contributed by atoms with E-state index < -0.39 is 0 Å². The van der Waals surface area contributed by atoms with Gasteiger partial charge in [-0.05, 0) is 13.8 Å². The first-order chi connectivity index (χ1) is 10.7. The number of rotatable bonds is 4. The molecule has 3 rings (SSSR count). The number of nitrogens with two attached hydrogens (primary N) is 1. The highest BCUT2D eigenvalue weighted by atomic mass is 16.5. The van der Waals surface area contributed by atoms with Crippen LogP contribution in [-0.4, -0.2) is 47.3 Å². The van der Waals surface area contributed by atoms with Gasteiger partial charge in [0.05, 0.1) is 13.2 Å². The Bertz CT molecular complexity index is 621. The Morgan fingerprint density at radius 3 is 2.59 bits per heavy atom. The first-order valence-corrected chi connectivity index (χ1v) is 7.55. The normalized spacial score (nSPS) is 17.4. The molecule has 1 atom stereocenters. The van der Waals surface area contributed by atoms with Crippen LogP contribution in [0.2, 0.25) is 0 Å². The lowest BCUT2D eigenvalue weighted by Gasteiger charge is -2.32. The van der Waals surface area contributed by atoms with Crippen molar-refractivity contribution in [1.29, 1.82) is 0 Å². The van der Waals surface area contributed by atoms with Gasteiger partial charge in [-0.15, -0.1) is 9.89 Å². The van der Waals surface area contributed by atoms with Gasteiger partial charge in [0, 0.05) is 24.2 Å². The van der Waals surface area contributed by atoms with Crippen molar-refractivity contribution in [3.63, 3.8) is 0 Å². The van der Waals surface area contributed by atoms with E-state index in [0.29, 0.717) is 5.88 Å². The van der Waals surface area contributed by atoms with E-state index in [9.17, 15) is 0 Å². The lowest BCUT2D eigenvalue weighted by molar-refractivity contribution is -0.0401. The topological polar surface area (TPSA) is 65.5 Å². The lowest BCUT2D eigenvalue weighted by Crippen LogP contribution is -2.45. The van der Waals surface area contributed by atoms with Crippen LogP contribution in [0, 0.1) is 6.92 Å². The standard InChI is InChI=1S/C16H22N4O2/c1-12-15(14-6-4-3-5-7-14)18-20(17)16(12)22-13(2)19-8-10-21-11-9-19/h3-7,13H,8-11,17H2,1-2H3. The molecule has 6 nitrogen and oxygen atoms in total. The zero-order chi connectivity index (χ0) is 15.5. The third-order valence-corrected chi connectivity index (χ3v) is 3.98. The number of aromatic nitrogens is 2. The zero-order valence-corrected chi connectivity index (χ0v) is 13.0. The summed E-state index contributed by atoms with van der Waals surface area (Å²) >= 11 is 0. The molecule has 22 heavy (non-hydrogen) atoms. The molecule has 1 fully saturated rings. The largest absolute Gasteiger partial charge is 0.457 e. The zero-order valence-electron chi connectivity index (χ0n) is 13.0. The predicted molar refractivity (Wildman–Crippen MR) is 85.0 cm³/mol. The number of benzene rings is 1. The molecule has 1 saturated heterocycles. The van der Waals surface area contributed by atoms with Crippen LogP contribution in [0.3, 0.4) is 0 Å². The number of hydrogen-bond donors (Lipinski definition) is 1. The maximum absolute atomic E-state index is 6.06. The van der Waals surface area contributed by atoms with Crippen molar-refractivity contribution in [2.45, 2.75) is 20.1 Å². The molecule has 0 aliphatic carbocycles. The van der Waals surface area contributed by atoms with E-state index in [1.165, 1.54) is 4.79 Å². The molecule has 0 amide bonds. The number of nitrogen functional groups attached to an aromatic ring is 1. The summed E-state index contributed by atoms with van der Waals surface area (Å²) in [5.41, 5.74) is 2.84. The fraction of sp³-hybridized carbons (Fsp3) is 0.438. The molecular formula is C16H22N4O2. The highest BCUT2D eigenvalue weighted by Gasteiger charge is 2.22. The highest BCUT2D eigenvalue weighted by molar-refractivity contribution is 5.64. The van der Waals surface area contributed by atoms with E-state index in [-0.39, 0.29) is 6.23 Å². The first kappa shape index (κ1) is 14.9. The van der Waals surface area contributed by atoms with E-state index in [2.05, 4.69) is 10.00 Å². The van der Waals surface area contributed by atoms with Crippen molar-refractivity contribution in [2.75, 3.05) is 32.1 Å². The molecule has 1 aromatic carbocycles. The molecule has 118 valence electrons. The maximum atomic E-state index is 6.06. The molecule has 1 aliphatic rings. The first-order valence-electron chi connectivity index (χ1n) is 7.55. The van der Waals surface area contributed by atoms with E-state index in [0.717, 1.165) is 43.1 Å². The number of morpholine rings is 1. The SMILES string of the molecule is Cc1c(-c2ccccc2)nn(N)c1OC(C)N1CCOCC1. The van der Waals surface area contributed by atoms with Crippen LogP contribution >= 0.6 is 0 Å². The second-order valence-electron chi connectivity index (χ2n) is 5.45. The fourth-order valence-corrected chi connectivity index (χ4v) is 2.69. The van der Waals surface area contributed by atoms with Gasteiger partial charge in [0.2, 0.25) is 5.88 Å². The molecule has 2 heterocycles. The average molecular weight is 302 g/mol. The Kier molecular flexibility index (Phi) is 4.31. The monoisotopic (exact) mass is 302 g/mol. The second kappa shape index (κ2) is 6.37. The van der Waals surface area contributed by atoms with Gasteiger partial charge in [-0.25, -0.2) is 0 Å². The summed E-state index contributed by atoms with van der Waals surface area (Å²) in [6.45, 7) is 7.22. The van der Waals surface area contributed by atoms with E-state index in [1.54, 1.807) is 0 Å². The fourth-order valence-electron chi connectivity index (χ4n) is 2.69. The van der Waals surface area contributed by atoms with Crippen LogP contribution < -0.4 is 10.6 Å². The summed E-state index contributed by atoms with van der Waals surface area (Å²) in [5, 5.41) is 4.40. The third-order valence-electron chi connectivity index (χ3n) is 3.98. The van der Waals surface area contributed by atoms with Gasteiger partial charge in [0.15, 0.2) is 6.23 Å². The van der Waals surface area contributed by atoms with Gasteiger partial charge in [-0.2, -0.15) is 0 Å². The van der Waals surface area contributed by atoms with E-state index in [1.807, 2.05) is 44.2 Å². The summed E-state index contributed by atoms with van der Waals surface area (Å²) < 4.78 is 11.4. The summed E-state index contributed by atoms with van der Waals surface area (Å²) in [6.07, 6.45) is -0.0646. The predicted octanol–water partition coefficient (Wildman–Crippen LogP) is 1.63. The minimum Gasteiger partial charge on any atom is -0.457 e. The number of hydrogen-bond acceptors (Lipinski definition) is 5. The van der Waals surface area contributed by atoms with Crippen molar-refractivity contribution >= 4 is 0 Å². The highest BCUT2D eigenvalue weighted by Crippen LogP contribution is 2.29. The Labute approximate surface area is 130 Å². The van der Waals surface area contributed by atoms with Gasteiger partial charge in [0.25, 0.3) is 0 Å². The molecule has 0 bridgehead atoms. The molecule has 6 heteroatoms. The molecular weight excluding hydrogens is 280 g/mol.